The number of unbranched alkanes of at least 4 members (excludes halogenated alkanes) is 26. The van der Waals surface area contributed by atoms with E-state index in [0.29, 0.717) is 12.8 Å². The zero-order valence-electron chi connectivity index (χ0n) is 34.5. The molecule has 310 valence electrons. The second-order valence-corrected chi connectivity index (χ2v) is 16.4. The van der Waals surface area contributed by atoms with E-state index in [1.54, 1.807) is 0 Å². The summed E-state index contributed by atoms with van der Waals surface area (Å²) in [5.74, 6) is -1.76. The van der Waals surface area contributed by atoms with Gasteiger partial charge in [0.25, 0.3) is 10.1 Å². The third kappa shape index (κ3) is 27.2. The van der Waals surface area contributed by atoms with Crippen LogP contribution in [-0.4, -0.2) is 38.1 Å². The maximum atomic E-state index is 13.0. The standard InChI is InChI=1S/C46H78O7S/c1-3-5-7-9-11-13-15-17-19-21-23-25-27-29-31-33-35-40-52-45(47)42-38-37-39-43(54(49,50)51)44(42)46(48)53-41-36-34-32-30-28-26-24-22-20-18-16-14-12-10-8-6-4-2/h19-22,37-39H,3-18,23-36,40-41H2,1-2H3,(H,49,50,51)/b21-19+,22-20+. The van der Waals surface area contributed by atoms with E-state index < -0.39 is 32.5 Å². The van der Waals surface area contributed by atoms with Gasteiger partial charge < -0.3 is 9.47 Å². The van der Waals surface area contributed by atoms with Crippen LogP contribution >= 0.6 is 0 Å². The molecular weight excluding hydrogens is 697 g/mol. The van der Waals surface area contributed by atoms with Gasteiger partial charge in [0.15, 0.2) is 0 Å². The van der Waals surface area contributed by atoms with Crippen molar-refractivity contribution in [1.29, 1.82) is 0 Å². The molecule has 0 heterocycles. The summed E-state index contributed by atoms with van der Waals surface area (Å²) in [4.78, 5) is 25.3. The summed E-state index contributed by atoms with van der Waals surface area (Å²) < 4.78 is 44.8. The Balaban J connectivity index is 2.25. The molecule has 0 aliphatic rings. The van der Waals surface area contributed by atoms with E-state index >= 15 is 0 Å². The van der Waals surface area contributed by atoms with E-state index in [9.17, 15) is 22.6 Å². The fourth-order valence-electron chi connectivity index (χ4n) is 6.66. The molecular formula is C46H78O7S. The van der Waals surface area contributed by atoms with Crippen molar-refractivity contribution in [2.24, 2.45) is 0 Å². The van der Waals surface area contributed by atoms with Gasteiger partial charge in [-0.15, -0.1) is 0 Å². The number of hydrogen-bond donors (Lipinski definition) is 1. The highest BCUT2D eigenvalue weighted by Gasteiger charge is 2.28. The lowest BCUT2D eigenvalue weighted by Gasteiger charge is -2.13. The van der Waals surface area contributed by atoms with Crippen molar-refractivity contribution in [2.75, 3.05) is 13.2 Å². The van der Waals surface area contributed by atoms with E-state index in [4.69, 9.17) is 9.47 Å². The van der Waals surface area contributed by atoms with Gasteiger partial charge in [-0.3, -0.25) is 4.55 Å². The van der Waals surface area contributed by atoms with Gasteiger partial charge in [0.1, 0.15) is 4.90 Å². The smallest absolute Gasteiger partial charge is 0.340 e. The molecule has 1 rings (SSSR count). The van der Waals surface area contributed by atoms with Crippen LogP contribution < -0.4 is 0 Å². The number of ether oxygens (including phenoxy) is 2. The summed E-state index contributed by atoms with van der Waals surface area (Å²) in [6.45, 7) is 4.78. The lowest BCUT2D eigenvalue weighted by Crippen LogP contribution is -2.19. The largest absolute Gasteiger partial charge is 0.462 e. The maximum absolute atomic E-state index is 13.0. The second kappa shape index (κ2) is 35.0. The molecule has 1 N–H and O–H groups in total. The molecule has 0 saturated heterocycles. The van der Waals surface area contributed by atoms with E-state index in [-0.39, 0.29) is 18.8 Å². The summed E-state index contributed by atoms with van der Waals surface area (Å²) in [6, 6.07) is 3.74. The highest BCUT2D eigenvalue weighted by atomic mass is 32.2. The van der Waals surface area contributed by atoms with Crippen LogP contribution in [0.15, 0.2) is 47.4 Å². The van der Waals surface area contributed by atoms with Crippen LogP contribution in [0, 0.1) is 0 Å². The second-order valence-electron chi connectivity index (χ2n) is 15.0. The first-order valence-electron chi connectivity index (χ1n) is 22.1. The molecule has 8 heteroatoms. The summed E-state index contributed by atoms with van der Waals surface area (Å²) in [7, 11) is -4.77. The summed E-state index contributed by atoms with van der Waals surface area (Å²) >= 11 is 0. The Labute approximate surface area is 331 Å². The number of carbonyl (C=O) groups excluding carboxylic acids is 2. The van der Waals surface area contributed by atoms with Crippen LogP contribution in [0.4, 0.5) is 0 Å². The summed E-state index contributed by atoms with van der Waals surface area (Å²) in [5.41, 5.74) is -0.687. The lowest BCUT2D eigenvalue weighted by molar-refractivity contribution is 0.0446. The number of hydrogen-bond acceptors (Lipinski definition) is 6. The molecule has 1 aromatic carbocycles. The molecule has 0 unspecified atom stereocenters. The van der Waals surface area contributed by atoms with Gasteiger partial charge >= 0.3 is 11.9 Å². The Morgan fingerprint density at radius 2 is 0.833 bits per heavy atom. The minimum absolute atomic E-state index is 0.101. The zero-order chi connectivity index (χ0) is 39.4. The maximum Gasteiger partial charge on any atom is 0.340 e. The van der Waals surface area contributed by atoms with Crippen molar-refractivity contribution in [3.8, 4) is 0 Å². The fourth-order valence-corrected chi connectivity index (χ4v) is 7.36. The molecule has 0 amide bonds. The van der Waals surface area contributed by atoms with Crippen LogP contribution in [0.2, 0.25) is 0 Å². The molecule has 54 heavy (non-hydrogen) atoms. The Morgan fingerprint density at radius 1 is 0.500 bits per heavy atom. The predicted octanol–water partition coefficient (Wildman–Crippen LogP) is 14.1. The highest BCUT2D eigenvalue weighted by molar-refractivity contribution is 7.86. The Kier molecular flexibility index (Phi) is 32.1. The topological polar surface area (TPSA) is 107 Å². The molecule has 1 aromatic rings. The van der Waals surface area contributed by atoms with E-state index in [1.165, 1.54) is 134 Å². The molecule has 0 radical (unpaired) electrons. The molecule has 0 bridgehead atoms. The van der Waals surface area contributed by atoms with Crippen molar-refractivity contribution in [3.05, 3.63) is 53.6 Å². The van der Waals surface area contributed by atoms with Crippen LogP contribution in [-0.2, 0) is 19.6 Å². The van der Waals surface area contributed by atoms with Gasteiger partial charge in [0.05, 0.1) is 24.3 Å². The molecule has 0 fully saturated rings. The van der Waals surface area contributed by atoms with Gasteiger partial charge in [-0.05, 0) is 76.3 Å². The number of carbonyl (C=O) groups is 2. The molecule has 0 spiro atoms. The van der Waals surface area contributed by atoms with Gasteiger partial charge in [0.2, 0.25) is 0 Å². The fraction of sp³-hybridized carbons (Fsp3) is 0.739. The minimum Gasteiger partial charge on any atom is -0.462 e. The highest BCUT2D eigenvalue weighted by Crippen LogP contribution is 2.23. The average molecular weight is 775 g/mol. The first-order chi connectivity index (χ1) is 26.3. The molecule has 0 atom stereocenters. The average Bonchev–Trinajstić information content (AvgIpc) is 3.16. The number of esters is 2. The van der Waals surface area contributed by atoms with Crippen molar-refractivity contribution in [3.63, 3.8) is 0 Å². The quantitative estimate of drug-likeness (QED) is 0.0310. The summed E-state index contributed by atoms with van der Waals surface area (Å²) in [5, 5.41) is 0. The van der Waals surface area contributed by atoms with E-state index in [0.717, 1.165) is 63.9 Å². The molecule has 0 aliphatic carbocycles. The van der Waals surface area contributed by atoms with Gasteiger partial charge in [0, 0.05) is 0 Å². The van der Waals surface area contributed by atoms with Crippen LogP contribution in [0.25, 0.3) is 0 Å². The predicted molar refractivity (Wildman–Crippen MR) is 225 cm³/mol. The third-order valence-electron chi connectivity index (χ3n) is 10.0. The van der Waals surface area contributed by atoms with Crippen LogP contribution in [0.5, 0.6) is 0 Å². The van der Waals surface area contributed by atoms with Gasteiger partial charge in [-0.2, -0.15) is 8.42 Å². The van der Waals surface area contributed by atoms with Crippen LogP contribution in [0.3, 0.4) is 0 Å². The first kappa shape index (κ1) is 49.6. The Morgan fingerprint density at radius 3 is 1.20 bits per heavy atom. The van der Waals surface area contributed by atoms with Crippen molar-refractivity contribution < 1.29 is 32.0 Å². The van der Waals surface area contributed by atoms with E-state index in [1.807, 2.05) is 0 Å². The van der Waals surface area contributed by atoms with Gasteiger partial charge in [-0.25, -0.2) is 9.59 Å². The SMILES string of the molecule is CCCCCCCCC/C=C/CCCCCCCCOC(=O)c1cccc(S(=O)(=O)O)c1C(=O)OCCCCCCCC/C=C/CCCCCCCCC. The Bertz CT molecular complexity index is 1240. The van der Waals surface area contributed by atoms with Gasteiger partial charge in [-0.1, -0.05) is 173 Å². The molecule has 7 nitrogen and oxygen atoms in total. The third-order valence-corrected chi connectivity index (χ3v) is 10.9. The lowest BCUT2D eigenvalue weighted by atomic mass is 10.1. The monoisotopic (exact) mass is 775 g/mol. The van der Waals surface area contributed by atoms with Crippen molar-refractivity contribution in [1.82, 2.24) is 0 Å². The Hall–Kier alpha value is -2.45. The van der Waals surface area contributed by atoms with Crippen molar-refractivity contribution in [2.45, 2.75) is 211 Å². The molecule has 0 saturated carbocycles. The minimum atomic E-state index is -4.77. The van der Waals surface area contributed by atoms with E-state index in [2.05, 4.69) is 38.2 Å². The number of benzene rings is 1. The normalized spacial score (nSPS) is 11.9. The number of allylic oxidation sites excluding steroid dienone is 4. The molecule has 0 aromatic heterocycles. The zero-order valence-corrected chi connectivity index (χ0v) is 35.3. The van der Waals surface area contributed by atoms with Crippen LogP contribution in [0.1, 0.15) is 227 Å². The number of rotatable bonds is 37. The summed E-state index contributed by atoms with van der Waals surface area (Å²) in [6.07, 6.45) is 44.8. The molecule has 0 aliphatic heterocycles. The van der Waals surface area contributed by atoms with Crippen molar-refractivity contribution >= 4 is 22.1 Å². The first-order valence-corrected chi connectivity index (χ1v) is 23.5.